The molecule has 0 spiro atoms. The summed E-state index contributed by atoms with van der Waals surface area (Å²) in [6.07, 6.45) is 0. The van der Waals surface area contributed by atoms with Crippen LogP contribution in [-0.4, -0.2) is 40.6 Å². The highest BCUT2D eigenvalue weighted by molar-refractivity contribution is 7.99. The molecule has 176 valence electrons. The average Bonchev–Trinajstić information content (AvgIpc) is 3.15. The maximum absolute atomic E-state index is 12.5. The molecule has 0 unspecified atom stereocenters. The zero-order valence-corrected chi connectivity index (χ0v) is 20.7. The van der Waals surface area contributed by atoms with Crippen molar-refractivity contribution in [1.82, 2.24) is 14.8 Å². The number of hydrogen-bond acceptors (Lipinski definition) is 7. The van der Waals surface area contributed by atoms with Crippen LogP contribution in [0.3, 0.4) is 0 Å². The highest BCUT2D eigenvalue weighted by Crippen LogP contribution is 2.29. The van der Waals surface area contributed by atoms with Gasteiger partial charge in [0.2, 0.25) is 5.91 Å². The SMILES string of the molecule is COc1ccc(OC)c(NC(=O)CSc2nnc(COc3ccc(C(C)(C)C)cc3)n2C)c1. The quantitative estimate of drug-likeness (QED) is 0.463. The molecular formula is C24H30N4O4S. The lowest BCUT2D eigenvalue weighted by molar-refractivity contribution is -0.113. The number of anilines is 1. The Bertz CT molecular complexity index is 1090. The number of thioether (sulfide) groups is 1. The Morgan fingerprint density at radius 1 is 1.03 bits per heavy atom. The van der Waals surface area contributed by atoms with Gasteiger partial charge in [0.05, 0.1) is 25.7 Å². The van der Waals surface area contributed by atoms with Gasteiger partial charge < -0.3 is 24.1 Å². The summed E-state index contributed by atoms with van der Waals surface area (Å²) in [4.78, 5) is 12.5. The summed E-state index contributed by atoms with van der Waals surface area (Å²) in [5.74, 6) is 2.61. The van der Waals surface area contributed by atoms with E-state index in [4.69, 9.17) is 14.2 Å². The minimum absolute atomic E-state index is 0.0955. The van der Waals surface area contributed by atoms with Gasteiger partial charge in [-0.25, -0.2) is 0 Å². The van der Waals surface area contributed by atoms with Crippen LogP contribution in [0.2, 0.25) is 0 Å². The zero-order chi connectivity index (χ0) is 24.0. The van der Waals surface area contributed by atoms with Gasteiger partial charge in [-0.2, -0.15) is 0 Å². The first-order valence-corrected chi connectivity index (χ1v) is 11.5. The van der Waals surface area contributed by atoms with Crippen LogP contribution < -0.4 is 19.5 Å². The number of hydrogen-bond donors (Lipinski definition) is 1. The lowest BCUT2D eigenvalue weighted by Gasteiger charge is -2.19. The Labute approximate surface area is 198 Å². The topological polar surface area (TPSA) is 87.5 Å². The molecule has 0 fully saturated rings. The van der Waals surface area contributed by atoms with E-state index in [-0.39, 0.29) is 23.7 Å². The van der Waals surface area contributed by atoms with Crippen molar-refractivity contribution in [2.24, 2.45) is 7.05 Å². The van der Waals surface area contributed by atoms with Crippen molar-refractivity contribution in [3.05, 3.63) is 53.9 Å². The minimum Gasteiger partial charge on any atom is -0.497 e. The Morgan fingerprint density at radius 2 is 1.73 bits per heavy atom. The van der Waals surface area contributed by atoms with Gasteiger partial charge in [-0.05, 0) is 35.2 Å². The number of ether oxygens (including phenoxy) is 3. The number of carbonyl (C=O) groups excluding carboxylic acids is 1. The molecule has 1 aromatic heterocycles. The van der Waals surface area contributed by atoms with Gasteiger partial charge >= 0.3 is 0 Å². The van der Waals surface area contributed by atoms with Crippen LogP contribution in [0.5, 0.6) is 17.2 Å². The summed E-state index contributed by atoms with van der Waals surface area (Å²) in [6, 6.07) is 13.3. The van der Waals surface area contributed by atoms with Crippen LogP contribution in [0.25, 0.3) is 0 Å². The van der Waals surface area contributed by atoms with Gasteiger partial charge in [-0.3, -0.25) is 4.79 Å². The first-order valence-electron chi connectivity index (χ1n) is 10.5. The van der Waals surface area contributed by atoms with Crippen LogP contribution in [0, 0.1) is 0 Å². The summed E-state index contributed by atoms with van der Waals surface area (Å²) in [6.45, 7) is 6.81. The van der Waals surface area contributed by atoms with E-state index in [1.54, 1.807) is 32.4 Å². The molecule has 0 bridgehead atoms. The molecule has 9 heteroatoms. The molecule has 8 nitrogen and oxygen atoms in total. The van der Waals surface area contributed by atoms with Crippen molar-refractivity contribution in [2.45, 2.75) is 37.9 Å². The number of benzene rings is 2. The third-order valence-electron chi connectivity index (χ3n) is 5.03. The summed E-state index contributed by atoms with van der Waals surface area (Å²) in [7, 11) is 4.97. The molecule has 2 aromatic carbocycles. The summed E-state index contributed by atoms with van der Waals surface area (Å²) < 4.78 is 18.2. The maximum atomic E-state index is 12.5. The number of methoxy groups -OCH3 is 2. The second-order valence-corrected chi connectivity index (χ2v) is 9.37. The molecule has 0 aliphatic carbocycles. The molecule has 0 atom stereocenters. The summed E-state index contributed by atoms with van der Waals surface area (Å²) in [5, 5.41) is 11.9. The Kier molecular flexibility index (Phi) is 7.86. The second-order valence-electron chi connectivity index (χ2n) is 8.42. The number of nitrogens with one attached hydrogen (secondary N) is 1. The van der Waals surface area contributed by atoms with Gasteiger partial charge in [-0.15, -0.1) is 10.2 Å². The summed E-state index contributed by atoms with van der Waals surface area (Å²) in [5.41, 5.74) is 1.89. The number of carbonyl (C=O) groups is 1. The van der Waals surface area contributed by atoms with Crippen molar-refractivity contribution in [3.63, 3.8) is 0 Å². The van der Waals surface area contributed by atoms with Crippen molar-refractivity contribution in [2.75, 3.05) is 25.3 Å². The molecule has 3 rings (SSSR count). The molecule has 1 heterocycles. The van der Waals surface area contributed by atoms with E-state index in [1.807, 2.05) is 23.7 Å². The van der Waals surface area contributed by atoms with Gasteiger partial charge in [0, 0.05) is 13.1 Å². The van der Waals surface area contributed by atoms with Crippen LogP contribution >= 0.6 is 11.8 Å². The fraction of sp³-hybridized carbons (Fsp3) is 0.375. The molecule has 1 N–H and O–H groups in total. The van der Waals surface area contributed by atoms with E-state index in [9.17, 15) is 4.79 Å². The van der Waals surface area contributed by atoms with E-state index in [0.29, 0.717) is 28.2 Å². The van der Waals surface area contributed by atoms with Crippen LogP contribution in [-0.2, 0) is 23.9 Å². The van der Waals surface area contributed by atoms with E-state index in [2.05, 4.69) is 48.4 Å². The summed E-state index contributed by atoms with van der Waals surface area (Å²) >= 11 is 1.29. The van der Waals surface area contributed by atoms with E-state index < -0.39 is 0 Å². The van der Waals surface area contributed by atoms with E-state index in [0.717, 1.165) is 5.75 Å². The van der Waals surface area contributed by atoms with Crippen LogP contribution in [0.15, 0.2) is 47.6 Å². The number of nitrogens with zero attached hydrogens (tertiary/aromatic N) is 3. The molecule has 1 amide bonds. The maximum Gasteiger partial charge on any atom is 0.234 e. The third-order valence-corrected chi connectivity index (χ3v) is 6.05. The molecule has 33 heavy (non-hydrogen) atoms. The smallest absolute Gasteiger partial charge is 0.234 e. The second kappa shape index (κ2) is 10.6. The van der Waals surface area contributed by atoms with Crippen LogP contribution in [0.1, 0.15) is 32.2 Å². The molecule has 0 radical (unpaired) electrons. The molecule has 3 aromatic rings. The fourth-order valence-corrected chi connectivity index (χ4v) is 3.75. The highest BCUT2D eigenvalue weighted by Gasteiger charge is 2.15. The molecule has 0 saturated carbocycles. The first-order chi connectivity index (χ1) is 15.7. The molecular weight excluding hydrogens is 440 g/mol. The third kappa shape index (κ3) is 6.41. The minimum atomic E-state index is -0.189. The average molecular weight is 471 g/mol. The Hall–Kier alpha value is -3.20. The predicted molar refractivity (Wildman–Crippen MR) is 129 cm³/mol. The highest BCUT2D eigenvalue weighted by atomic mass is 32.2. The van der Waals surface area contributed by atoms with Crippen LogP contribution in [0.4, 0.5) is 5.69 Å². The Balaban J connectivity index is 1.55. The van der Waals surface area contributed by atoms with Crippen molar-refractivity contribution in [3.8, 4) is 17.2 Å². The number of rotatable bonds is 9. The number of amides is 1. The van der Waals surface area contributed by atoms with E-state index >= 15 is 0 Å². The molecule has 0 aliphatic rings. The van der Waals surface area contributed by atoms with Gasteiger partial charge in [0.1, 0.15) is 23.9 Å². The van der Waals surface area contributed by atoms with Gasteiger partial charge in [0.15, 0.2) is 11.0 Å². The lowest BCUT2D eigenvalue weighted by Crippen LogP contribution is -2.15. The molecule has 0 saturated heterocycles. The monoisotopic (exact) mass is 470 g/mol. The first kappa shape index (κ1) is 24.4. The standard InChI is InChI=1S/C24H30N4O4S/c1-24(2,3)16-7-9-17(10-8-16)32-14-21-26-27-23(28(21)4)33-15-22(29)25-19-13-18(30-5)11-12-20(19)31-6/h7-13H,14-15H2,1-6H3,(H,25,29). The Morgan fingerprint density at radius 3 is 2.36 bits per heavy atom. The lowest BCUT2D eigenvalue weighted by atomic mass is 9.87. The fourth-order valence-electron chi connectivity index (χ4n) is 3.02. The molecule has 0 aliphatic heterocycles. The normalized spacial score (nSPS) is 11.2. The zero-order valence-electron chi connectivity index (χ0n) is 19.8. The predicted octanol–water partition coefficient (Wildman–Crippen LogP) is 4.44. The van der Waals surface area contributed by atoms with Gasteiger partial charge in [-0.1, -0.05) is 44.7 Å². The van der Waals surface area contributed by atoms with Crippen molar-refractivity contribution >= 4 is 23.4 Å². The number of aromatic nitrogens is 3. The largest absolute Gasteiger partial charge is 0.497 e. The van der Waals surface area contributed by atoms with Crippen molar-refractivity contribution in [1.29, 1.82) is 0 Å². The van der Waals surface area contributed by atoms with Gasteiger partial charge in [0.25, 0.3) is 0 Å². The van der Waals surface area contributed by atoms with Crippen molar-refractivity contribution < 1.29 is 19.0 Å². The van der Waals surface area contributed by atoms with E-state index in [1.165, 1.54) is 17.3 Å².